The molecule has 0 aliphatic heterocycles. The quantitative estimate of drug-likeness (QED) is 0.721. The first kappa shape index (κ1) is 16.9. The Morgan fingerprint density at radius 2 is 2.28 bits per heavy atom. The molecule has 0 saturated heterocycles. The summed E-state index contributed by atoms with van der Waals surface area (Å²) < 4.78 is 15.1. The van der Waals surface area contributed by atoms with Crippen LogP contribution in [0.4, 0.5) is 9.18 Å². The summed E-state index contributed by atoms with van der Waals surface area (Å²) in [7, 11) is 1.68. The molecule has 2 aromatic heterocycles. The fraction of sp³-hybridized carbons (Fsp3) is 0.353. The van der Waals surface area contributed by atoms with Gasteiger partial charge in [-0.05, 0) is 24.6 Å². The predicted octanol–water partition coefficient (Wildman–Crippen LogP) is 2.65. The van der Waals surface area contributed by atoms with E-state index in [1.807, 2.05) is 10.9 Å². The number of carbonyl (C=O) groups is 1. The molecule has 0 bridgehead atoms. The van der Waals surface area contributed by atoms with Crippen LogP contribution >= 0.6 is 0 Å². The molecule has 132 valence electrons. The average Bonchev–Trinajstić information content (AvgIpc) is 3.18. The van der Waals surface area contributed by atoms with Gasteiger partial charge in [0.1, 0.15) is 11.6 Å². The average molecular weight is 344 g/mol. The lowest BCUT2D eigenvalue weighted by Crippen LogP contribution is -2.36. The lowest BCUT2D eigenvalue weighted by Gasteiger charge is -2.16. The van der Waals surface area contributed by atoms with E-state index in [1.165, 1.54) is 17.0 Å². The van der Waals surface area contributed by atoms with Gasteiger partial charge in [-0.1, -0.05) is 6.92 Å². The first-order chi connectivity index (χ1) is 12.0. The van der Waals surface area contributed by atoms with Gasteiger partial charge in [0.15, 0.2) is 0 Å². The molecular formula is C17H21FN6O. The Morgan fingerprint density at radius 3 is 3.08 bits per heavy atom. The predicted molar refractivity (Wildman–Crippen MR) is 92.3 cm³/mol. The minimum Gasteiger partial charge on any atom is -0.340 e. The van der Waals surface area contributed by atoms with Gasteiger partial charge in [-0.15, -0.1) is 0 Å². The van der Waals surface area contributed by atoms with Crippen LogP contribution in [0.15, 0.2) is 30.6 Å². The molecule has 0 radical (unpaired) electrons. The minimum atomic E-state index is -0.322. The number of carbonyl (C=O) groups excluding carboxylic acids is 1. The second-order valence-corrected chi connectivity index (χ2v) is 5.97. The number of hydrogen-bond acceptors (Lipinski definition) is 3. The minimum absolute atomic E-state index is 0.213. The molecule has 0 spiro atoms. The maximum Gasteiger partial charge on any atom is 0.317 e. The number of nitrogens with zero attached hydrogens (tertiary/aromatic N) is 4. The fourth-order valence-corrected chi connectivity index (χ4v) is 2.57. The molecule has 1 aromatic carbocycles. The third kappa shape index (κ3) is 4.14. The molecule has 3 rings (SSSR count). The van der Waals surface area contributed by atoms with Crippen molar-refractivity contribution in [2.45, 2.75) is 33.0 Å². The third-order valence-corrected chi connectivity index (χ3v) is 3.81. The number of rotatable bonds is 6. The number of H-pyrrole nitrogens is 1. The molecule has 8 heteroatoms. The summed E-state index contributed by atoms with van der Waals surface area (Å²) in [5.74, 6) is 0.284. The van der Waals surface area contributed by atoms with Crippen molar-refractivity contribution in [2.24, 2.45) is 0 Å². The number of aromatic nitrogens is 4. The second-order valence-electron chi connectivity index (χ2n) is 5.97. The molecular weight excluding hydrogens is 323 g/mol. The zero-order valence-corrected chi connectivity index (χ0v) is 14.3. The van der Waals surface area contributed by atoms with Crippen molar-refractivity contribution in [2.75, 3.05) is 7.05 Å². The van der Waals surface area contributed by atoms with Gasteiger partial charge in [0.25, 0.3) is 0 Å². The lowest BCUT2D eigenvalue weighted by molar-refractivity contribution is 0.205. The highest BCUT2D eigenvalue weighted by Gasteiger charge is 2.12. The third-order valence-electron chi connectivity index (χ3n) is 3.81. The summed E-state index contributed by atoms with van der Waals surface area (Å²) in [6.45, 7) is 3.67. The SMILES string of the molecule is CCCn1cc(CNC(=O)N(C)Cc2nc3ccc(F)cc3[nH]2)cn1. The molecule has 0 unspecified atom stereocenters. The number of imidazole rings is 1. The maximum absolute atomic E-state index is 13.2. The van der Waals surface area contributed by atoms with Crippen molar-refractivity contribution >= 4 is 17.1 Å². The molecule has 0 aliphatic carbocycles. The second kappa shape index (κ2) is 7.33. The molecule has 0 saturated carbocycles. The summed E-state index contributed by atoms with van der Waals surface area (Å²) in [5.41, 5.74) is 2.25. The van der Waals surface area contributed by atoms with Crippen molar-refractivity contribution in [3.63, 3.8) is 0 Å². The zero-order valence-electron chi connectivity index (χ0n) is 14.3. The largest absolute Gasteiger partial charge is 0.340 e. The van der Waals surface area contributed by atoms with Gasteiger partial charge in [0, 0.05) is 31.9 Å². The van der Waals surface area contributed by atoms with E-state index in [2.05, 4.69) is 27.3 Å². The highest BCUT2D eigenvalue weighted by atomic mass is 19.1. The standard InChI is InChI=1S/C17H21FN6O/c1-3-6-24-10-12(9-20-24)8-19-17(25)23(2)11-16-21-14-5-4-13(18)7-15(14)22-16/h4-5,7,9-10H,3,6,8,11H2,1-2H3,(H,19,25)(H,21,22). The molecule has 3 aromatic rings. The van der Waals surface area contributed by atoms with Gasteiger partial charge in [-0.3, -0.25) is 4.68 Å². The first-order valence-electron chi connectivity index (χ1n) is 8.19. The first-order valence-corrected chi connectivity index (χ1v) is 8.19. The molecule has 2 heterocycles. The van der Waals surface area contributed by atoms with Crippen LogP contribution in [-0.4, -0.2) is 37.7 Å². The number of halogens is 1. The Kier molecular flexibility index (Phi) is 4.97. The summed E-state index contributed by atoms with van der Waals surface area (Å²) in [5, 5.41) is 7.08. The van der Waals surface area contributed by atoms with Crippen molar-refractivity contribution in [3.05, 3.63) is 47.8 Å². The normalized spacial score (nSPS) is 11.0. The number of hydrogen-bond donors (Lipinski definition) is 2. The summed E-state index contributed by atoms with van der Waals surface area (Å²) in [4.78, 5) is 21.1. The number of aryl methyl sites for hydroxylation is 1. The summed E-state index contributed by atoms with van der Waals surface area (Å²) in [6, 6.07) is 4.15. The van der Waals surface area contributed by atoms with E-state index in [1.54, 1.807) is 19.3 Å². The van der Waals surface area contributed by atoms with E-state index < -0.39 is 0 Å². The van der Waals surface area contributed by atoms with Crippen molar-refractivity contribution in [3.8, 4) is 0 Å². The molecule has 0 aliphatic rings. The number of fused-ring (bicyclic) bond motifs is 1. The van der Waals surface area contributed by atoms with Gasteiger partial charge in [-0.2, -0.15) is 5.10 Å². The van der Waals surface area contributed by atoms with Crippen molar-refractivity contribution in [1.29, 1.82) is 0 Å². The van der Waals surface area contributed by atoms with Crippen LogP contribution in [0.25, 0.3) is 11.0 Å². The fourth-order valence-electron chi connectivity index (χ4n) is 2.57. The smallest absolute Gasteiger partial charge is 0.317 e. The van der Waals surface area contributed by atoms with Crippen molar-refractivity contribution < 1.29 is 9.18 Å². The van der Waals surface area contributed by atoms with Gasteiger partial charge >= 0.3 is 6.03 Å². The summed E-state index contributed by atoms with van der Waals surface area (Å²) in [6.07, 6.45) is 4.69. The maximum atomic E-state index is 13.2. The number of amides is 2. The van der Waals surface area contributed by atoms with E-state index in [0.717, 1.165) is 18.5 Å². The Labute approximate surface area is 144 Å². The number of nitrogens with one attached hydrogen (secondary N) is 2. The van der Waals surface area contributed by atoms with Gasteiger partial charge in [0.05, 0.1) is 23.8 Å². The van der Waals surface area contributed by atoms with E-state index in [0.29, 0.717) is 29.9 Å². The molecule has 2 N–H and O–H groups in total. The highest BCUT2D eigenvalue weighted by Crippen LogP contribution is 2.13. The Morgan fingerprint density at radius 1 is 1.44 bits per heavy atom. The van der Waals surface area contributed by atoms with E-state index >= 15 is 0 Å². The van der Waals surface area contributed by atoms with E-state index in [-0.39, 0.29) is 11.8 Å². The molecule has 2 amide bonds. The number of urea groups is 1. The zero-order chi connectivity index (χ0) is 17.8. The van der Waals surface area contributed by atoms with Crippen LogP contribution in [0.2, 0.25) is 0 Å². The summed E-state index contributed by atoms with van der Waals surface area (Å²) >= 11 is 0. The van der Waals surface area contributed by atoms with Crippen molar-refractivity contribution in [1.82, 2.24) is 30.0 Å². The van der Waals surface area contributed by atoms with E-state index in [4.69, 9.17) is 0 Å². The Balaban J connectivity index is 1.55. The van der Waals surface area contributed by atoms with Crippen LogP contribution in [0.5, 0.6) is 0 Å². The van der Waals surface area contributed by atoms with Crippen LogP contribution in [0.1, 0.15) is 24.7 Å². The molecule has 7 nitrogen and oxygen atoms in total. The van der Waals surface area contributed by atoms with Crippen LogP contribution in [0.3, 0.4) is 0 Å². The Bertz CT molecular complexity index is 871. The van der Waals surface area contributed by atoms with Gasteiger partial charge < -0.3 is 15.2 Å². The number of benzene rings is 1. The molecule has 0 fully saturated rings. The van der Waals surface area contributed by atoms with Crippen LogP contribution in [0, 0.1) is 5.82 Å². The van der Waals surface area contributed by atoms with Gasteiger partial charge in [-0.25, -0.2) is 14.2 Å². The Hall–Kier alpha value is -2.90. The van der Waals surface area contributed by atoms with Gasteiger partial charge in [0.2, 0.25) is 0 Å². The topological polar surface area (TPSA) is 78.8 Å². The molecule has 0 atom stereocenters. The van der Waals surface area contributed by atoms with E-state index in [9.17, 15) is 9.18 Å². The molecule has 25 heavy (non-hydrogen) atoms. The highest BCUT2D eigenvalue weighted by molar-refractivity contribution is 5.76. The monoisotopic (exact) mass is 344 g/mol. The van der Waals surface area contributed by atoms with Crippen LogP contribution < -0.4 is 5.32 Å². The number of aromatic amines is 1. The van der Waals surface area contributed by atoms with Crippen LogP contribution in [-0.2, 0) is 19.6 Å². The lowest BCUT2D eigenvalue weighted by atomic mass is 10.3.